The van der Waals surface area contributed by atoms with Crippen LogP contribution in [0.15, 0.2) is 42.6 Å². The summed E-state index contributed by atoms with van der Waals surface area (Å²) in [6.45, 7) is -1.67. The Morgan fingerprint density at radius 1 is 1.26 bits per heavy atom. The summed E-state index contributed by atoms with van der Waals surface area (Å²) in [5.74, 6) is -0.909. The van der Waals surface area contributed by atoms with Crippen LogP contribution in [0, 0.1) is 22.7 Å². The third kappa shape index (κ3) is 6.07. The van der Waals surface area contributed by atoms with Gasteiger partial charge in [-0.15, -0.1) is 0 Å². The van der Waals surface area contributed by atoms with Gasteiger partial charge in [0.1, 0.15) is 24.1 Å². The summed E-state index contributed by atoms with van der Waals surface area (Å²) in [4.78, 5) is 30.1. The first-order valence-electron chi connectivity index (χ1n) is 11.4. The number of nitrogens with zero attached hydrogens (tertiary/aromatic N) is 5. The monoisotopic (exact) mass is 523 g/mol. The van der Waals surface area contributed by atoms with Gasteiger partial charge in [0.2, 0.25) is 0 Å². The van der Waals surface area contributed by atoms with Crippen molar-refractivity contribution in [2.45, 2.75) is 31.5 Å². The molecule has 0 bridgehead atoms. The van der Waals surface area contributed by atoms with E-state index in [2.05, 4.69) is 20.7 Å². The van der Waals surface area contributed by atoms with E-state index in [1.54, 1.807) is 18.2 Å². The van der Waals surface area contributed by atoms with Crippen molar-refractivity contribution in [1.82, 2.24) is 25.4 Å². The summed E-state index contributed by atoms with van der Waals surface area (Å²) in [6, 6.07) is 12.7. The summed E-state index contributed by atoms with van der Waals surface area (Å²) in [5.41, 5.74) is 1.36. The van der Waals surface area contributed by atoms with Gasteiger partial charge in [0.25, 0.3) is 11.8 Å². The second-order valence-electron chi connectivity index (χ2n) is 8.40. The third-order valence-electron chi connectivity index (χ3n) is 5.68. The van der Waals surface area contributed by atoms with Gasteiger partial charge in [0.15, 0.2) is 12.4 Å². The topological polar surface area (TPSA) is 146 Å². The SMILES string of the molecule is N#CCNC(=O)c1c2c(nn1-c1ccc(C#N)cn1)CC(CCc1cccc(OCC(F)(F)F)c1)NC2=O. The van der Waals surface area contributed by atoms with Crippen molar-refractivity contribution in [2.75, 3.05) is 13.2 Å². The van der Waals surface area contributed by atoms with E-state index in [0.717, 1.165) is 5.56 Å². The van der Waals surface area contributed by atoms with Crippen LogP contribution in [0.5, 0.6) is 5.75 Å². The summed E-state index contributed by atoms with van der Waals surface area (Å²) in [7, 11) is 0. The molecule has 38 heavy (non-hydrogen) atoms. The Balaban J connectivity index is 1.55. The Bertz CT molecular complexity index is 1440. The predicted octanol–water partition coefficient (Wildman–Crippen LogP) is 2.62. The fourth-order valence-corrected chi connectivity index (χ4v) is 4.01. The zero-order valence-electron chi connectivity index (χ0n) is 19.7. The molecule has 0 aliphatic carbocycles. The highest BCUT2D eigenvalue weighted by Gasteiger charge is 2.35. The smallest absolute Gasteiger partial charge is 0.422 e. The minimum atomic E-state index is -4.44. The van der Waals surface area contributed by atoms with E-state index < -0.39 is 24.6 Å². The van der Waals surface area contributed by atoms with Crippen LogP contribution in [0.4, 0.5) is 13.2 Å². The van der Waals surface area contributed by atoms with E-state index in [9.17, 15) is 22.8 Å². The molecule has 2 aromatic heterocycles. The number of alkyl halides is 3. The molecule has 2 amide bonds. The lowest BCUT2D eigenvalue weighted by molar-refractivity contribution is -0.153. The van der Waals surface area contributed by atoms with Crippen LogP contribution in [-0.4, -0.2) is 51.9 Å². The molecular weight excluding hydrogens is 503 g/mol. The number of pyridine rings is 1. The fourth-order valence-electron chi connectivity index (χ4n) is 4.01. The summed E-state index contributed by atoms with van der Waals surface area (Å²) in [5, 5.41) is 27.6. The lowest BCUT2D eigenvalue weighted by Crippen LogP contribution is -2.42. The molecule has 10 nitrogen and oxygen atoms in total. The van der Waals surface area contributed by atoms with Gasteiger partial charge in [-0.2, -0.15) is 28.8 Å². The number of carbonyl (C=O) groups excluding carboxylic acids is 2. The molecule has 1 aliphatic heterocycles. The quantitative estimate of drug-likeness (QED) is 0.432. The maximum atomic E-state index is 13.1. The highest BCUT2D eigenvalue weighted by Crippen LogP contribution is 2.25. The van der Waals surface area contributed by atoms with Gasteiger partial charge in [-0.1, -0.05) is 12.1 Å². The van der Waals surface area contributed by atoms with E-state index >= 15 is 0 Å². The van der Waals surface area contributed by atoms with Gasteiger partial charge < -0.3 is 15.4 Å². The molecule has 2 N–H and O–H groups in total. The molecule has 1 unspecified atom stereocenters. The van der Waals surface area contributed by atoms with E-state index in [4.69, 9.17) is 15.3 Å². The molecular formula is C25H20F3N7O3. The van der Waals surface area contributed by atoms with Crippen LogP contribution in [0.1, 0.15) is 44.1 Å². The van der Waals surface area contributed by atoms with Crippen molar-refractivity contribution in [3.63, 3.8) is 0 Å². The van der Waals surface area contributed by atoms with Gasteiger partial charge in [0.05, 0.1) is 22.9 Å². The standard InChI is InChI=1S/C25H20F3N7O3/c26-25(27,28)14-38-18-3-1-2-15(10-18)4-6-17-11-19-21(23(36)33-17)22(24(37)31-9-8-29)35(34-19)20-7-5-16(12-30)13-32-20/h1-3,5,7,10,13,17H,4,6,9,11,14H2,(H,31,37)(H,33,36). The molecule has 3 heterocycles. The summed E-state index contributed by atoms with van der Waals surface area (Å²) in [6.07, 6.45) is -1.96. The van der Waals surface area contributed by atoms with E-state index in [-0.39, 0.29) is 41.8 Å². The van der Waals surface area contributed by atoms with Crippen LogP contribution < -0.4 is 15.4 Å². The number of hydrogen-bond acceptors (Lipinski definition) is 7. The Labute approximate surface area is 214 Å². The third-order valence-corrected chi connectivity index (χ3v) is 5.68. The summed E-state index contributed by atoms with van der Waals surface area (Å²) >= 11 is 0. The van der Waals surface area contributed by atoms with Crippen molar-refractivity contribution < 1.29 is 27.5 Å². The predicted molar refractivity (Wildman–Crippen MR) is 125 cm³/mol. The van der Waals surface area contributed by atoms with Gasteiger partial charge in [-0.25, -0.2) is 9.67 Å². The Morgan fingerprint density at radius 2 is 2.08 bits per heavy atom. The van der Waals surface area contributed by atoms with Crippen LogP contribution in [0.2, 0.25) is 0 Å². The summed E-state index contributed by atoms with van der Waals surface area (Å²) < 4.78 is 43.3. The Hall–Kier alpha value is -4.91. The number of aryl methyl sites for hydroxylation is 1. The molecule has 0 spiro atoms. The minimum absolute atomic E-state index is 0.0606. The van der Waals surface area contributed by atoms with Crippen molar-refractivity contribution in [3.05, 3.63) is 70.7 Å². The van der Waals surface area contributed by atoms with Gasteiger partial charge in [-0.05, 0) is 42.7 Å². The molecule has 13 heteroatoms. The largest absolute Gasteiger partial charge is 0.484 e. The van der Waals surface area contributed by atoms with Crippen LogP contribution in [0.3, 0.4) is 0 Å². The van der Waals surface area contributed by atoms with Crippen molar-refractivity contribution in [3.8, 4) is 23.7 Å². The Kier molecular flexibility index (Phi) is 7.58. The van der Waals surface area contributed by atoms with Crippen LogP contribution >= 0.6 is 0 Å². The number of benzene rings is 1. The molecule has 3 aromatic rings. The highest BCUT2D eigenvalue weighted by molar-refractivity contribution is 6.08. The van der Waals surface area contributed by atoms with Crippen LogP contribution in [-0.2, 0) is 12.8 Å². The second-order valence-corrected chi connectivity index (χ2v) is 8.40. The molecule has 0 saturated carbocycles. The number of nitrogens with one attached hydrogen (secondary N) is 2. The van der Waals surface area contributed by atoms with Gasteiger partial charge >= 0.3 is 6.18 Å². The molecule has 1 aromatic carbocycles. The second kappa shape index (κ2) is 11.0. The number of halogens is 3. The van der Waals surface area contributed by atoms with Gasteiger partial charge in [-0.3, -0.25) is 9.59 Å². The number of nitriles is 2. The van der Waals surface area contributed by atoms with Crippen molar-refractivity contribution >= 4 is 11.8 Å². The van der Waals surface area contributed by atoms with Crippen molar-refractivity contribution in [1.29, 1.82) is 10.5 Å². The fraction of sp³-hybridized carbons (Fsp3) is 0.280. The normalized spacial score (nSPS) is 14.6. The van der Waals surface area contributed by atoms with Crippen LogP contribution in [0.25, 0.3) is 5.82 Å². The number of hydrogen-bond donors (Lipinski definition) is 2. The molecule has 1 atom stereocenters. The first-order chi connectivity index (χ1) is 18.2. The minimum Gasteiger partial charge on any atom is -0.484 e. The number of amides is 2. The number of aromatic nitrogens is 3. The number of carbonyl (C=O) groups is 2. The first kappa shape index (κ1) is 26.2. The lowest BCUT2D eigenvalue weighted by atomic mass is 9.95. The van der Waals surface area contributed by atoms with E-state index in [1.807, 2.05) is 6.07 Å². The molecule has 1 aliphatic rings. The zero-order valence-corrected chi connectivity index (χ0v) is 19.7. The maximum Gasteiger partial charge on any atom is 0.422 e. The first-order valence-corrected chi connectivity index (χ1v) is 11.4. The number of rotatable bonds is 8. The lowest BCUT2D eigenvalue weighted by Gasteiger charge is -2.23. The average molecular weight is 523 g/mol. The average Bonchev–Trinajstić information content (AvgIpc) is 3.29. The molecule has 194 valence electrons. The maximum absolute atomic E-state index is 13.1. The molecule has 0 saturated heterocycles. The highest BCUT2D eigenvalue weighted by atomic mass is 19.4. The van der Waals surface area contributed by atoms with E-state index in [0.29, 0.717) is 24.1 Å². The van der Waals surface area contributed by atoms with Gasteiger partial charge in [0, 0.05) is 18.7 Å². The zero-order chi connectivity index (χ0) is 27.3. The van der Waals surface area contributed by atoms with Crippen molar-refractivity contribution in [2.24, 2.45) is 0 Å². The molecule has 4 rings (SSSR count). The molecule has 0 radical (unpaired) electrons. The number of ether oxygens (including phenoxy) is 1. The molecule has 0 fully saturated rings. The Morgan fingerprint density at radius 3 is 2.76 bits per heavy atom. The van der Waals surface area contributed by atoms with E-state index in [1.165, 1.54) is 35.1 Å². The number of fused-ring (bicyclic) bond motifs is 1.